The van der Waals surface area contributed by atoms with Gasteiger partial charge in [0.2, 0.25) is 17.7 Å². The lowest BCUT2D eigenvalue weighted by Gasteiger charge is -2.08. The second-order valence-electron chi connectivity index (χ2n) is 5.99. The highest BCUT2D eigenvalue weighted by Gasteiger charge is 2.16. The van der Waals surface area contributed by atoms with Gasteiger partial charge in [0.05, 0.1) is 17.8 Å². The van der Waals surface area contributed by atoms with Gasteiger partial charge >= 0.3 is 0 Å². The topological polar surface area (TPSA) is 84.2 Å². The van der Waals surface area contributed by atoms with Crippen molar-refractivity contribution in [1.29, 1.82) is 0 Å². The molecule has 0 spiro atoms. The first-order valence-electron chi connectivity index (χ1n) is 8.31. The van der Waals surface area contributed by atoms with Gasteiger partial charge in [0, 0.05) is 18.2 Å². The highest BCUT2D eigenvalue weighted by Crippen LogP contribution is 2.23. The molecule has 138 valence electrons. The Morgan fingerprint density at radius 2 is 1.85 bits per heavy atom. The minimum atomic E-state index is -0.598. The molecule has 0 aliphatic heterocycles. The Hall–Kier alpha value is -3.48. The molecular weight excluding hydrogens is 349 g/mol. The lowest BCUT2D eigenvalue weighted by molar-refractivity contribution is -0.116. The number of hydrogen-bond donors (Lipinski definition) is 2. The summed E-state index contributed by atoms with van der Waals surface area (Å²) in [5.74, 6) is -0.374. The van der Waals surface area contributed by atoms with Crippen molar-refractivity contribution < 1.29 is 18.4 Å². The Balaban J connectivity index is 1.73. The molecule has 27 heavy (non-hydrogen) atoms. The van der Waals surface area contributed by atoms with E-state index in [4.69, 9.17) is 4.42 Å². The van der Waals surface area contributed by atoms with Gasteiger partial charge < -0.3 is 15.1 Å². The monoisotopic (exact) mass is 367 g/mol. The summed E-state index contributed by atoms with van der Waals surface area (Å²) in [5.41, 5.74) is 1.66. The number of carbonyl (C=O) groups is 2. The zero-order chi connectivity index (χ0) is 19.4. The van der Waals surface area contributed by atoms with Crippen molar-refractivity contribution in [3.05, 3.63) is 65.8 Å². The number of carbonyl (C=O) groups excluding carboxylic acids is 2. The predicted molar refractivity (Wildman–Crippen MR) is 99.7 cm³/mol. The van der Waals surface area contributed by atoms with Gasteiger partial charge in [-0.25, -0.2) is 9.37 Å². The van der Waals surface area contributed by atoms with E-state index in [2.05, 4.69) is 15.6 Å². The molecule has 0 atom stereocenters. The Kier molecular flexibility index (Phi) is 5.30. The molecule has 1 heterocycles. The molecule has 0 saturated carbocycles. The van der Waals surface area contributed by atoms with Crippen LogP contribution < -0.4 is 10.6 Å². The van der Waals surface area contributed by atoms with E-state index >= 15 is 0 Å². The smallest absolute Gasteiger partial charge is 0.230 e. The molecule has 2 N–H and O–H groups in total. The summed E-state index contributed by atoms with van der Waals surface area (Å²) in [6.45, 7) is 3.07. The van der Waals surface area contributed by atoms with Crippen LogP contribution >= 0.6 is 0 Å². The van der Waals surface area contributed by atoms with Crippen LogP contribution in [0.5, 0.6) is 0 Å². The molecule has 2 amide bonds. The largest absolute Gasteiger partial charge is 0.441 e. The summed E-state index contributed by atoms with van der Waals surface area (Å²) in [4.78, 5) is 27.8. The van der Waals surface area contributed by atoms with Gasteiger partial charge in [-0.15, -0.1) is 0 Å². The van der Waals surface area contributed by atoms with Gasteiger partial charge in [0.1, 0.15) is 11.6 Å². The molecule has 3 rings (SSSR count). The molecule has 0 unspecified atom stereocenters. The number of benzene rings is 2. The highest BCUT2D eigenvalue weighted by atomic mass is 19.1. The normalized spacial score (nSPS) is 10.5. The van der Waals surface area contributed by atoms with Crippen molar-refractivity contribution in [2.24, 2.45) is 0 Å². The summed E-state index contributed by atoms with van der Waals surface area (Å²) in [6.07, 6.45) is -0.0635. The molecule has 3 aromatic rings. The van der Waals surface area contributed by atoms with Crippen LogP contribution in [0.3, 0.4) is 0 Å². The number of nitrogens with one attached hydrogen (secondary N) is 2. The van der Waals surface area contributed by atoms with Crippen molar-refractivity contribution in [3.8, 4) is 11.5 Å². The van der Waals surface area contributed by atoms with Crippen LogP contribution in [0.4, 0.5) is 15.8 Å². The molecular formula is C20H18FN3O3. The van der Waals surface area contributed by atoms with Gasteiger partial charge in [-0.2, -0.15) is 0 Å². The van der Waals surface area contributed by atoms with E-state index in [0.717, 1.165) is 5.56 Å². The third-order valence-electron chi connectivity index (χ3n) is 3.80. The second kappa shape index (κ2) is 7.82. The molecule has 7 heteroatoms. The number of nitrogens with zero attached hydrogens (tertiary/aromatic N) is 1. The Morgan fingerprint density at radius 1 is 1.11 bits per heavy atom. The average Bonchev–Trinajstić information content (AvgIpc) is 2.99. The molecule has 6 nitrogen and oxygen atoms in total. The summed E-state index contributed by atoms with van der Waals surface area (Å²) in [5, 5.41) is 5.04. The van der Waals surface area contributed by atoms with Gasteiger partial charge in [-0.3, -0.25) is 9.59 Å². The molecule has 1 aromatic heterocycles. The third kappa shape index (κ3) is 4.58. The summed E-state index contributed by atoms with van der Waals surface area (Å²) >= 11 is 0. The summed E-state index contributed by atoms with van der Waals surface area (Å²) in [7, 11) is 0. The zero-order valence-corrected chi connectivity index (χ0v) is 14.9. The van der Waals surface area contributed by atoms with Crippen LogP contribution in [-0.4, -0.2) is 16.8 Å². The number of anilines is 2. The van der Waals surface area contributed by atoms with E-state index in [0.29, 0.717) is 23.0 Å². The Bertz CT molecular complexity index is 983. The number of aromatic nitrogens is 1. The Labute approximate surface area is 155 Å². The molecule has 2 aromatic carbocycles. The van der Waals surface area contributed by atoms with Crippen molar-refractivity contribution in [2.45, 2.75) is 20.3 Å². The third-order valence-corrected chi connectivity index (χ3v) is 3.80. The fourth-order valence-electron chi connectivity index (χ4n) is 2.54. The van der Waals surface area contributed by atoms with Crippen LogP contribution in [0.25, 0.3) is 11.5 Å². The van der Waals surface area contributed by atoms with Gasteiger partial charge in [-0.1, -0.05) is 18.2 Å². The van der Waals surface area contributed by atoms with Crippen LogP contribution in [0.2, 0.25) is 0 Å². The first-order valence-corrected chi connectivity index (χ1v) is 8.31. The zero-order valence-electron chi connectivity index (χ0n) is 14.9. The standard InChI is InChI=1S/C20H18FN3O3/c1-12-17(24-20(27-12)14-6-4-3-5-7-14)11-19(26)23-18-10-15(22-13(2)25)8-9-16(18)21/h3-10H,11H2,1-2H3,(H,22,25)(H,23,26). The van der Waals surface area contributed by atoms with Crippen molar-refractivity contribution in [2.75, 3.05) is 10.6 Å². The molecule has 0 radical (unpaired) electrons. The van der Waals surface area contributed by atoms with E-state index in [1.54, 1.807) is 6.92 Å². The maximum atomic E-state index is 13.9. The number of amides is 2. The van der Waals surface area contributed by atoms with Gasteiger partial charge in [-0.05, 0) is 37.3 Å². The highest BCUT2D eigenvalue weighted by molar-refractivity contribution is 5.94. The number of oxazole rings is 1. The maximum Gasteiger partial charge on any atom is 0.230 e. The maximum absolute atomic E-state index is 13.9. The van der Waals surface area contributed by atoms with Crippen LogP contribution in [0, 0.1) is 12.7 Å². The fraction of sp³-hybridized carbons (Fsp3) is 0.150. The van der Waals surface area contributed by atoms with E-state index in [1.165, 1.54) is 25.1 Å². The lowest BCUT2D eigenvalue weighted by atomic mass is 10.2. The van der Waals surface area contributed by atoms with E-state index in [-0.39, 0.29) is 18.0 Å². The Morgan fingerprint density at radius 3 is 2.56 bits per heavy atom. The van der Waals surface area contributed by atoms with Gasteiger partial charge in [0.25, 0.3) is 0 Å². The first kappa shape index (κ1) is 18.3. The second-order valence-corrected chi connectivity index (χ2v) is 5.99. The summed E-state index contributed by atoms with van der Waals surface area (Å²) < 4.78 is 19.6. The van der Waals surface area contributed by atoms with Crippen molar-refractivity contribution in [3.63, 3.8) is 0 Å². The van der Waals surface area contributed by atoms with Crippen molar-refractivity contribution in [1.82, 2.24) is 4.98 Å². The van der Waals surface area contributed by atoms with Crippen LogP contribution in [0.1, 0.15) is 18.4 Å². The number of halogens is 1. The molecule has 0 aliphatic carbocycles. The minimum Gasteiger partial charge on any atom is -0.441 e. The van der Waals surface area contributed by atoms with E-state index in [9.17, 15) is 14.0 Å². The lowest BCUT2D eigenvalue weighted by Crippen LogP contribution is -2.16. The quantitative estimate of drug-likeness (QED) is 0.716. The molecule has 0 fully saturated rings. The van der Waals surface area contributed by atoms with Crippen molar-refractivity contribution >= 4 is 23.2 Å². The average molecular weight is 367 g/mol. The predicted octanol–water partition coefficient (Wildman–Crippen LogP) is 3.93. The number of hydrogen-bond acceptors (Lipinski definition) is 4. The van der Waals surface area contributed by atoms with E-state index < -0.39 is 11.7 Å². The number of rotatable bonds is 5. The van der Waals surface area contributed by atoms with Crippen LogP contribution in [-0.2, 0) is 16.0 Å². The van der Waals surface area contributed by atoms with Crippen LogP contribution in [0.15, 0.2) is 52.9 Å². The molecule has 0 aliphatic rings. The molecule has 0 saturated heterocycles. The fourth-order valence-corrected chi connectivity index (χ4v) is 2.54. The molecule has 0 bridgehead atoms. The number of aryl methyl sites for hydroxylation is 1. The van der Waals surface area contributed by atoms with Gasteiger partial charge in [0.15, 0.2) is 0 Å². The van der Waals surface area contributed by atoms with E-state index in [1.807, 2.05) is 30.3 Å². The SMILES string of the molecule is CC(=O)Nc1ccc(F)c(NC(=O)Cc2nc(-c3ccccc3)oc2C)c1. The summed E-state index contributed by atoms with van der Waals surface area (Å²) in [6, 6.07) is 13.3. The first-order chi connectivity index (χ1) is 12.9. The minimum absolute atomic E-state index is 0.0179.